The van der Waals surface area contributed by atoms with Crippen molar-refractivity contribution in [3.8, 4) is 0 Å². The number of aromatic nitrogens is 4. The highest BCUT2D eigenvalue weighted by Crippen LogP contribution is 2.25. The Morgan fingerprint density at radius 3 is 2.70 bits per heavy atom. The van der Waals surface area contributed by atoms with Gasteiger partial charge in [0.05, 0.1) is 23.5 Å². The molecule has 0 saturated heterocycles. The third-order valence-corrected chi connectivity index (χ3v) is 4.33. The van der Waals surface area contributed by atoms with Gasteiger partial charge in [-0.3, -0.25) is 14.6 Å². The molecule has 0 radical (unpaired) electrons. The summed E-state index contributed by atoms with van der Waals surface area (Å²) in [5.41, 5.74) is 0.540. The van der Waals surface area contributed by atoms with Crippen LogP contribution in [0.2, 0.25) is 0 Å². The molecule has 0 bridgehead atoms. The first-order chi connectivity index (χ1) is 9.45. The summed E-state index contributed by atoms with van der Waals surface area (Å²) >= 11 is 6.40. The lowest BCUT2D eigenvalue weighted by molar-refractivity contribution is 0.0589. The second kappa shape index (κ2) is 5.75. The van der Waals surface area contributed by atoms with Crippen LogP contribution in [0.25, 0.3) is 0 Å². The quantitative estimate of drug-likeness (QED) is 0.755. The van der Waals surface area contributed by atoms with Gasteiger partial charge in [-0.25, -0.2) is 4.79 Å². The Morgan fingerprint density at radius 2 is 2.15 bits per heavy atom. The predicted octanol–water partition coefficient (Wildman–Crippen LogP) is 1.71. The van der Waals surface area contributed by atoms with Gasteiger partial charge in [0.1, 0.15) is 4.60 Å². The van der Waals surface area contributed by atoms with Crippen LogP contribution >= 0.6 is 31.9 Å². The van der Waals surface area contributed by atoms with Crippen LogP contribution in [0.1, 0.15) is 21.0 Å². The summed E-state index contributed by atoms with van der Waals surface area (Å²) in [7, 11) is 2.82. The van der Waals surface area contributed by atoms with Gasteiger partial charge in [-0.05, 0) is 31.9 Å². The van der Waals surface area contributed by atoms with E-state index in [1.54, 1.807) is 7.05 Å². The Kier molecular flexibility index (Phi) is 4.23. The van der Waals surface area contributed by atoms with Gasteiger partial charge in [0.25, 0.3) is 5.91 Å². The molecular weight excluding hydrogens is 398 g/mol. The molecule has 0 aliphatic carbocycles. The number of nitrogens with zero attached hydrogens (tertiary/aromatic N) is 3. The minimum Gasteiger partial charge on any atom is -0.464 e. The molecule has 1 amide bonds. The van der Waals surface area contributed by atoms with Crippen LogP contribution in [0.5, 0.6) is 0 Å². The Hall–Kier alpha value is -1.68. The van der Waals surface area contributed by atoms with E-state index in [1.165, 1.54) is 18.0 Å². The maximum Gasteiger partial charge on any atom is 0.358 e. The van der Waals surface area contributed by atoms with Crippen molar-refractivity contribution in [1.82, 2.24) is 20.0 Å². The fourth-order valence-corrected chi connectivity index (χ4v) is 2.14. The van der Waals surface area contributed by atoms with Crippen molar-refractivity contribution in [2.45, 2.75) is 0 Å². The van der Waals surface area contributed by atoms with Crippen LogP contribution in [-0.2, 0) is 11.8 Å². The number of esters is 1. The molecule has 2 rings (SSSR count). The molecule has 10 heteroatoms. The fraction of sp³-hybridized carbons (Fsp3) is 0.200. The van der Waals surface area contributed by atoms with E-state index in [0.29, 0.717) is 9.08 Å². The number of carbonyl (C=O) groups excluding carboxylic acids is 2. The first kappa shape index (κ1) is 14.7. The molecule has 106 valence electrons. The summed E-state index contributed by atoms with van der Waals surface area (Å²) < 4.78 is 6.99. The summed E-state index contributed by atoms with van der Waals surface area (Å²) in [5.74, 6) is -1.08. The van der Waals surface area contributed by atoms with E-state index in [-0.39, 0.29) is 17.1 Å². The number of carbonyl (C=O) groups is 2. The molecule has 2 N–H and O–H groups in total. The highest BCUT2D eigenvalue weighted by molar-refractivity contribution is 9.13. The van der Waals surface area contributed by atoms with Crippen molar-refractivity contribution >= 4 is 49.4 Å². The van der Waals surface area contributed by atoms with E-state index in [0.717, 1.165) is 0 Å². The maximum absolute atomic E-state index is 12.1. The van der Waals surface area contributed by atoms with E-state index < -0.39 is 11.9 Å². The molecule has 20 heavy (non-hydrogen) atoms. The standard InChI is InChI=1S/C10H9Br2N5O3/c1-17-7(10(19)20-2)4(3-13-17)14-9(18)6-5(11)8(12)16-15-6/h3H,1-2H3,(H,14,18)(H,15,16). The number of hydrogen-bond acceptors (Lipinski definition) is 5. The molecule has 2 aromatic heterocycles. The van der Waals surface area contributed by atoms with Crippen molar-refractivity contribution < 1.29 is 14.3 Å². The number of H-pyrrole nitrogens is 1. The maximum atomic E-state index is 12.1. The molecule has 0 aromatic carbocycles. The second-order valence-electron chi connectivity index (χ2n) is 3.68. The van der Waals surface area contributed by atoms with Gasteiger partial charge in [0, 0.05) is 7.05 Å². The zero-order valence-electron chi connectivity index (χ0n) is 10.4. The number of anilines is 1. The van der Waals surface area contributed by atoms with Crippen LogP contribution in [0.3, 0.4) is 0 Å². The van der Waals surface area contributed by atoms with Gasteiger partial charge >= 0.3 is 5.97 Å². The lowest BCUT2D eigenvalue weighted by Crippen LogP contribution is -2.17. The van der Waals surface area contributed by atoms with Crippen LogP contribution in [-0.4, -0.2) is 39.0 Å². The largest absolute Gasteiger partial charge is 0.464 e. The van der Waals surface area contributed by atoms with E-state index >= 15 is 0 Å². The molecule has 0 fully saturated rings. The van der Waals surface area contributed by atoms with Crippen LogP contribution in [0.4, 0.5) is 5.69 Å². The number of halogens is 2. The smallest absolute Gasteiger partial charge is 0.358 e. The van der Waals surface area contributed by atoms with Gasteiger partial charge < -0.3 is 10.1 Å². The zero-order chi connectivity index (χ0) is 14.9. The number of rotatable bonds is 3. The number of nitrogens with one attached hydrogen (secondary N) is 2. The van der Waals surface area contributed by atoms with Gasteiger partial charge in [-0.1, -0.05) is 0 Å². The number of ether oxygens (including phenoxy) is 1. The van der Waals surface area contributed by atoms with Crippen molar-refractivity contribution in [3.63, 3.8) is 0 Å². The normalized spacial score (nSPS) is 10.4. The summed E-state index contributed by atoms with van der Waals surface area (Å²) in [6, 6.07) is 0. The molecule has 0 aliphatic rings. The molecular formula is C10H9Br2N5O3. The molecule has 0 unspecified atom stereocenters. The molecule has 0 saturated carbocycles. The monoisotopic (exact) mass is 405 g/mol. The predicted molar refractivity (Wildman–Crippen MR) is 76.5 cm³/mol. The third kappa shape index (κ3) is 2.61. The molecule has 2 heterocycles. The average Bonchev–Trinajstić information content (AvgIpc) is 2.93. The summed E-state index contributed by atoms with van der Waals surface area (Å²) in [4.78, 5) is 23.7. The minimum absolute atomic E-state index is 0.145. The van der Waals surface area contributed by atoms with Crippen molar-refractivity contribution in [3.05, 3.63) is 26.7 Å². The highest BCUT2D eigenvalue weighted by Gasteiger charge is 2.22. The Labute approximate surface area is 130 Å². The first-order valence-electron chi connectivity index (χ1n) is 5.26. The van der Waals surface area contributed by atoms with Gasteiger partial charge in [0.2, 0.25) is 0 Å². The average molecular weight is 407 g/mol. The minimum atomic E-state index is -0.595. The van der Waals surface area contributed by atoms with E-state index in [1.807, 2.05) is 0 Å². The number of amides is 1. The number of methoxy groups -OCH3 is 1. The molecule has 0 spiro atoms. The van der Waals surface area contributed by atoms with Gasteiger partial charge in [-0.2, -0.15) is 10.2 Å². The van der Waals surface area contributed by atoms with E-state index in [9.17, 15) is 9.59 Å². The third-order valence-electron chi connectivity index (χ3n) is 2.45. The van der Waals surface area contributed by atoms with Crippen molar-refractivity contribution in [2.24, 2.45) is 7.05 Å². The van der Waals surface area contributed by atoms with Gasteiger partial charge in [0.15, 0.2) is 11.4 Å². The van der Waals surface area contributed by atoms with E-state index in [2.05, 4.69) is 57.2 Å². The second-order valence-corrected chi connectivity index (χ2v) is 5.26. The Bertz CT molecular complexity index is 678. The van der Waals surface area contributed by atoms with Crippen molar-refractivity contribution in [2.75, 3.05) is 12.4 Å². The first-order valence-corrected chi connectivity index (χ1v) is 6.85. The lowest BCUT2D eigenvalue weighted by atomic mass is 10.3. The Balaban J connectivity index is 2.29. The van der Waals surface area contributed by atoms with Gasteiger partial charge in [-0.15, -0.1) is 0 Å². The lowest BCUT2D eigenvalue weighted by Gasteiger charge is -2.05. The summed E-state index contributed by atoms with van der Waals surface area (Å²) in [6.07, 6.45) is 1.36. The number of hydrogen-bond donors (Lipinski definition) is 2. The van der Waals surface area contributed by atoms with E-state index in [4.69, 9.17) is 0 Å². The fourth-order valence-electron chi connectivity index (χ4n) is 1.51. The summed E-state index contributed by atoms with van der Waals surface area (Å²) in [6.45, 7) is 0. The number of aromatic amines is 1. The number of aryl methyl sites for hydroxylation is 1. The Morgan fingerprint density at radius 1 is 1.45 bits per heavy atom. The highest BCUT2D eigenvalue weighted by atomic mass is 79.9. The topological polar surface area (TPSA) is 102 Å². The van der Waals surface area contributed by atoms with Crippen LogP contribution in [0, 0.1) is 0 Å². The van der Waals surface area contributed by atoms with Crippen LogP contribution in [0.15, 0.2) is 15.3 Å². The van der Waals surface area contributed by atoms with Crippen molar-refractivity contribution in [1.29, 1.82) is 0 Å². The SMILES string of the molecule is COC(=O)c1c(NC(=O)c2n[nH]c(Br)c2Br)cnn1C. The molecule has 2 aromatic rings. The van der Waals surface area contributed by atoms with Crippen LogP contribution < -0.4 is 5.32 Å². The molecule has 0 atom stereocenters. The zero-order valence-corrected chi connectivity index (χ0v) is 13.6. The molecule has 0 aliphatic heterocycles. The summed E-state index contributed by atoms with van der Waals surface area (Å²) in [5, 5.41) is 12.9. The molecule has 8 nitrogen and oxygen atoms in total.